The summed E-state index contributed by atoms with van der Waals surface area (Å²) in [5, 5.41) is 3.92. The molecule has 0 unspecified atom stereocenters. The Bertz CT molecular complexity index is 424. The molecule has 7 heteroatoms. The van der Waals surface area contributed by atoms with Crippen LogP contribution in [0.3, 0.4) is 0 Å². The maximum Gasteiger partial charge on any atom is 0.243 e. The van der Waals surface area contributed by atoms with Crippen molar-refractivity contribution in [1.29, 1.82) is 0 Å². The van der Waals surface area contributed by atoms with Crippen LogP contribution in [0.1, 0.15) is 13.8 Å². The Morgan fingerprint density at radius 1 is 1.56 bits per heavy atom. The summed E-state index contributed by atoms with van der Waals surface area (Å²) in [4.78, 5) is 0.182. The average molecular weight is 246 g/mol. The van der Waals surface area contributed by atoms with Gasteiger partial charge in [0.2, 0.25) is 10.0 Å². The Labute approximate surface area is 95.9 Å². The highest BCUT2D eigenvalue weighted by Crippen LogP contribution is 2.07. The summed E-state index contributed by atoms with van der Waals surface area (Å²) in [6.07, 6.45) is 2.81. The molecule has 0 bridgehead atoms. The van der Waals surface area contributed by atoms with Crippen molar-refractivity contribution in [2.24, 2.45) is 11.7 Å². The van der Waals surface area contributed by atoms with E-state index in [1.54, 1.807) is 0 Å². The van der Waals surface area contributed by atoms with E-state index in [1.165, 1.54) is 17.1 Å². The van der Waals surface area contributed by atoms with Crippen LogP contribution in [0.25, 0.3) is 0 Å². The number of hydrogen-bond donors (Lipinski definition) is 2. The van der Waals surface area contributed by atoms with Gasteiger partial charge in [0, 0.05) is 19.3 Å². The fourth-order valence-corrected chi connectivity index (χ4v) is 2.26. The number of hydrogen-bond acceptors (Lipinski definition) is 4. The Morgan fingerprint density at radius 2 is 2.25 bits per heavy atom. The van der Waals surface area contributed by atoms with Gasteiger partial charge in [-0.3, -0.25) is 4.68 Å². The molecule has 1 rings (SSSR count). The van der Waals surface area contributed by atoms with Crippen molar-refractivity contribution in [2.45, 2.75) is 25.3 Å². The molecular formula is C9H18N4O2S. The van der Waals surface area contributed by atoms with Crippen LogP contribution < -0.4 is 10.5 Å². The molecule has 6 nitrogen and oxygen atoms in total. The van der Waals surface area contributed by atoms with Crippen molar-refractivity contribution >= 4 is 10.0 Å². The Morgan fingerprint density at radius 3 is 2.81 bits per heavy atom. The van der Waals surface area contributed by atoms with Crippen molar-refractivity contribution in [1.82, 2.24) is 14.5 Å². The molecular weight excluding hydrogens is 228 g/mol. The predicted molar refractivity (Wildman–Crippen MR) is 61.3 cm³/mol. The van der Waals surface area contributed by atoms with Crippen LogP contribution in [0, 0.1) is 5.92 Å². The highest BCUT2D eigenvalue weighted by Gasteiger charge is 2.16. The minimum Gasteiger partial charge on any atom is -0.329 e. The van der Waals surface area contributed by atoms with E-state index in [2.05, 4.69) is 9.82 Å². The van der Waals surface area contributed by atoms with E-state index in [1.807, 2.05) is 13.8 Å². The highest BCUT2D eigenvalue weighted by atomic mass is 32.2. The van der Waals surface area contributed by atoms with E-state index in [4.69, 9.17) is 5.73 Å². The Balaban J connectivity index is 2.74. The number of nitrogens with two attached hydrogens (primary N) is 1. The minimum absolute atomic E-state index is 0.182. The van der Waals surface area contributed by atoms with Gasteiger partial charge in [0.25, 0.3) is 0 Å². The summed E-state index contributed by atoms with van der Waals surface area (Å²) in [6, 6.07) is 0. The highest BCUT2D eigenvalue weighted by molar-refractivity contribution is 7.89. The molecule has 92 valence electrons. The van der Waals surface area contributed by atoms with Gasteiger partial charge >= 0.3 is 0 Å². The number of nitrogens with zero attached hydrogens (tertiary/aromatic N) is 2. The third-order valence-corrected chi connectivity index (χ3v) is 3.34. The van der Waals surface area contributed by atoms with E-state index in [9.17, 15) is 8.42 Å². The van der Waals surface area contributed by atoms with Crippen molar-refractivity contribution in [3.63, 3.8) is 0 Å². The summed E-state index contributed by atoms with van der Waals surface area (Å²) in [5.41, 5.74) is 5.35. The number of nitrogens with one attached hydrogen (secondary N) is 1. The molecule has 0 aromatic carbocycles. The van der Waals surface area contributed by atoms with Crippen LogP contribution >= 0.6 is 0 Å². The summed E-state index contributed by atoms with van der Waals surface area (Å²) < 4.78 is 27.6. The minimum atomic E-state index is -3.43. The van der Waals surface area contributed by atoms with Crippen LogP contribution in [0.2, 0.25) is 0 Å². The number of aromatic nitrogens is 2. The van der Waals surface area contributed by atoms with Gasteiger partial charge in [-0.25, -0.2) is 13.1 Å². The summed E-state index contributed by atoms with van der Waals surface area (Å²) in [7, 11) is -3.43. The first-order chi connectivity index (χ1) is 7.45. The summed E-state index contributed by atoms with van der Waals surface area (Å²) >= 11 is 0. The lowest BCUT2D eigenvalue weighted by Gasteiger charge is -2.06. The maximum atomic E-state index is 11.8. The van der Waals surface area contributed by atoms with Gasteiger partial charge in [-0.05, 0) is 5.92 Å². The van der Waals surface area contributed by atoms with E-state index >= 15 is 0 Å². The Hall–Kier alpha value is -0.920. The molecule has 3 N–H and O–H groups in total. The fraction of sp³-hybridized carbons (Fsp3) is 0.667. The van der Waals surface area contributed by atoms with Crippen LogP contribution in [0.15, 0.2) is 17.3 Å². The van der Waals surface area contributed by atoms with Crippen molar-refractivity contribution < 1.29 is 8.42 Å². The van der Waals surface area contributed by atoms with Gasteiger partial charge in [0.1, 0.15) is 4.90 Å². The lowest BCUT2D eigenvalue weighted by molar-refractivity contribution is 0.559. The van der Waals surface area contributed by atoms with Crippen molar-refractivity contribution in [3.05, 3.63) is 12.4 Å². The molecule has 0 spiro atoms. The molecule has 0 aliphatic heterocycles. The second kappa shape index (κ2) is 5.42. The molecule has 1 aromatic heterocycles. The van der Waals surface area contributed by atoms with Crippen LogP contribution in [-0.4, -0.2) is 31.3 Å². The largest absolute Gasteiger partial charge is 0.329 e. The first kappa shape index (κ1) is 13.1. The zero-order valence-corrected chi connectivity index (χ0v) is 10.4. The van der Waals surface area contributed by atoms with Gasteiger partial charge in [0.05, 0.1) is 12.7 Å². The molecule has 0 radical (unpaired) electrons. The second-order valence-electron chi connectivity index (χ2n) is 3.97. The molecule has 1 heterocycles. The summed E-state index contributed by atoms with van der Waals surface area (Å²) in [6.45, 7) is 5.26. The quantitative estimate of drug-likeness (QED) is 0.726. The fourth-order valence-electron chi connectivity index (χ4n) is 1.10. The number of rotatable bonds is 6. The molecule has 0 saturated carbocycles. The van der Waals surface area contributed by atoms with E-state index in [0.717, 1.165) is 0 Å². The normalized spacial score (nSPS) is 12.2. The van der Waals surface area contributed by atoms with Gasteiger partial charge < -0.3 is 5.73 Å². The van der Waals surface area contributed by atoms with Gasteiger partial charge in [0.15, 0.2) is 0 Å². The molecule has 16 heavy (non-hydrogen) atoms. The third kappa shape index (κ3) is 3.58. The molecule has 0 aliphatic rings. The van der Waals surface area contributed by atoms with Gasteiger partial charge in [-0.15, -0.1) is 0 Å². The monoisotopic (exact) mass is 246 g/mol. The third-order valence-electron chi connectivity index (χ3n) is 1.96. The lowest BCUT2D eigenvalue weighted by Crippen LogP contribution is -2.27. The zero-order valence-electron chi connectivity index (χ0n) is 9.55. The van der Waals surface area contributed by atoms with E-state index in [-0.39, 0.29) is 10.8 Å². The predicted octanol–water partition coefficient (Wildman–Crippen LogP) is -0.224. The van der Waals surface area contributed by atoms with E-state index in [0.29, 0.717) is 19.6 Å². The van der Waals surface area contributed by atoms with Gasteiger partial charge in [-0.2, -0.15) is 5.10 Å². The topological polar surface area (TPSA) is 90.0 Å². The first-order valence-corrected chi connectivity index (χ1v) is 6.66. The maximum absolute atomic E-state index is 11.8. The number of sulfonamides is 1. The average Bonchev–Trinajstić information content (AvgIpc) is 2.65. The molecule has 0 fully saturated rings. The Kier molecular flexibility index (Phi) is 4.45. The summed E-state index contributed by atoms with van der Waals surface area (Å²) in [5.74, 6) is 0.272. The SMILES string of the molecule is CC(C)CNS(=O)(=O)c1cnn(CCN)c1. The van der Waals surface area contributed by atoms with Crippen LogP contribution in [-0.2, 0) is 16.6 Å². The molecule has 0 aliphatic carbocycles. The van der Waals surface area contributed by atoms with Crippen LogP contribution in [0.5, 0.6) is 0 Å². The zero-order chi connectivity index (χ0) is 12.2. The standard InChI is InChI=1S/C9H18N4O2S/c1-8(2)5-12-16(14,15)9-6-11-13(7-9)4-3-10/h6-8,12H,3-5,10H2,1-2H3. The van der Waals surface area contributed by atoms with Crippen LogP contribution in [0.4, 0.5) is 0 Å². The van der Waals surface area contributed by atoms with Crippen molar-refractivity contribution in [3.8, 4) is 0 Å². The first-order valence-electron chi connectivity index (χ1n) is 5.18. The molecule has 1 aromatic rings. The van der Waals surface area contributed by atoms with Gasteiger partial charge in [-0.1, -0.05) is 13.8 Å². The van der Waals surface area contributed by atoms with Crippen molar-refractivity contribution in [2.75, 3.05) is 13.1 Å². The lowest BCUT2D eigenvalue weighted by atomic mass is 10.2. The molecule has 0 amide bonds. The smallest absolute Gasteiger partial charge is 0.243 e. The van der Waals surface area contributed by atoms with E-state index < -0.39 is 10.0 Å². The molecule has 0 saturated heterocycles. The molecule has 0 atom stereocenters. The second-order valence-corrected chi connectivity index (χ2v) is 5.74.